The zero-order valence-corrected chi connectivity index (χ0v) is 11.7. The Morgan fingerprint density at radius 1 is 1.29 bits per heavy atom. The third-order valence-corrected chi connectivity index (χ3v) is 3.12. The number of hydrogen-bond donors (Lipinski definition) is 2. The predicted octanol–water partition coefficient (Wildman–Crippen LogP) is 2.66. The summed E-state index contributed by atoms with van der Waals surface area (Å²) in [5.74, 6) is -1.15. The van der Waals surface area contributed by atoms with Crippen molar-refractivity contribution in [1.29, 1.82) is 0 Å². The molecule has 21 heavy (non-hydrogen) atoms. The van der Waals surface area contributed by atoms with Gasteiger partial charge in [-0.05, 0) is 42.7 Å². The first kappa shape index (κ1) is 14.7. The van der Waals surface area contributed by atoms with E-state index in [4.69, 9.17) is 5.11 Å². The Morgan fingerprint density at radius 2 is 2.10 bits per heavy atom. The SMILES string of the molecule is Cc1ccc(NC(=O)CCc2cccnc2)cc1C(=O)O. The largest absolute Gasteiger partial charge is 0.478 e. The molecule has 0 saturated carbocycles. The van der Waals surface area contributed by atoms with E-state index in [2.05, 4.69) is 10.3 Å². The van der Waals surface area contributed by atoms with Crippen LogP contribution in [-0.2, 0) is 11.2 Å². The van der Waals surface area contributed by atoms with Gasteiger partial charge in [0.15, 0.2) is 0 Å². The van der Waals surface area contributed by atoms with Crippen LogP contribution in [0.4, 0.5) is 5.69 Å². The summed E-state index contributed by atoms with van der Waals surface area (Å²) in [7, 11) is 0. The van der Waals surface area contributed by atoms with Crippen molar-refractivity contribution in [3.05, 3.63) is 59.4 Å². The Balaban J connectivity index is 1.97. The lowest BCUT2D eigenvalue weighted by Crippen LogP contribution is -2.13. The quantitative estimate of drug-likeness (QED) is 0.884. The molecule has 2 rings (SSSR count). The summed E-state index contributed by atoms with van der Waals surface area (Å²) < 4.78 is 0. The van der Waals surface area contributed by atoms with Crippen molar-refractivity contribution < 1.29 is 14.7 Å². The molecule has 0 saturated heterocycles. The number of aromatic carboxylic acids is 1. The maximum atomic E-state index is 11.9. The van der Waals surface area contributed by atoms with Gasteiger partial charge in [-0.15, -0.1) is 0 Å². The molecule has 1 amide bonds. The average molecular weight is 284 g/mol. The minimum absolute atomic E-state index is 0.154. The molecule has 2 aromatic rings. The average Bonchev–Trinajstić information content (AvgIpc) is 2.48. The number of anilines is 1. The van der Waals surface area contributed by atoms with Crippen LogP contribution in [0.3, 0.4) is 0 Å². The van der Waals surface area contributed by atoms with E-state index in [1.165, 1.54) is 6.07 Å². The van der Waals surface area contributed by atoms with E-state index in [0.717, 1.165) is 5.56 Å². The van der Waals surface area contributed by atoms with Gasteiger partial charge >= 0.3 is 5.97 Å². The van der Waals surface area contributed by atoms with E-state index in [1.807, 2.05) is 12.1 Å². The maximum absolute atomic E-state index is 11.9. The number of benzene rings is 1. The number of aryl methyl sites for hydroxylation is 2. The molecule has 0 bridgehead atoms. The van der Waals surface area contributed by atoms with Crippen molar-refractivity contribution in [2.45, 2.75) is 19.8 Å². The summed E-state index contributed by atoms with van der Waals surface area (Å²) in [5.41, 5.74) is 2.34. The van der Waals surface area contributed by atoms with Gasteiger partial charge in [0.2, 0.25) is 5.91 Å². The first-order valence-electron chi connectivity index (χ1n) is 6.59. The number of nitrogens with one attached hydrogen (secondary N) is 1. The summed E-state index contributed by atoms with van der Waals surface area (Å²) in [5, 5.41) is 11.8. The van der Waals surface area contributed by atoms with Crippen LogP contribution >= 0.6 is 0 Å². The van der Waals surface area contributed by atoms with Crippen molar-refractivity contribution in [3.8, 4) is 0 Å². The molecule has 0 fully saturated rings. The maximum Gasteiger partial charge on any atom is 0.336 e. The van der Waals surface area contributed by atoms with E-state index in [-0.39, 0.29) is 11.5 Å². The van der Waals surface area contributed by atoms with Crippen LogP contribution in [0.25, 0.3) is 0 Å². The molecular formula is C16H16N2O3. The smallest absolute Gasteiger partial charge is 0.336 e. The zero-order valence-electron chi connectivity index (χ0n) is 11.7. The van der Waals surface area contributed by atoms with Gasteiger partial charge in [-0.1, -0.05) is 12.1 Å². The van der Waals surface area contributed by atoms with Crippen LogP contribution in [0, 0.1) is 6.92 Å². The second kappa shape index (κ2) is 6.65. The van der Waals surface area contributed by atoms with Gasteiger partial charge in [0.05, 0.1) is 5.56 Å². The summed E-state index contributed by atoms with van der Waals surface area (Å²) in [6, 6.07) is 8.59. The number of carboxylic acid groups (broad SMARTS) is 1. The van der Waals surface area contributed by atoms with Gasteiger partial charge in [0.25, 0.3) is 0 Å². The minimum atomic E-state index is -1.00. The minimum Gasteiger partial charge on any atom is -0.478 e. The van der Waals surface area contributed by atoms with Crippen LogP contribution in [-0.4, -0.2) is 22.0 Å². The van der Waals surface area contributed by atoms with E-state index in [1.54, 1.807) is 31.5 Å². The standard InChI is InChI=1S/C16H16N2O3/c1-11-4-6-13(9-14(11)16(20)21)18-15(19)7-5-12-3-2-8-17-10-12/h2-4,6,8-10H,5,7H2,1H3,(H,18,19)(H,20,21). The van der Waals surface area contributed by atoms with Crippen molar-refractivity contribution in [2.24, 2.45) is 0 Å². The second-order valence-electron chi connectivity index (χ2n) is 4.74. The van der Waals surface area contributed by atoms with E-state index in [0.29, 0.717) is 24.1 Å². The third kappa shape index (κ3) is 4.14. The van der Waals surface area contributed by atoms with Crippen LogP contribution < -0.4 is 5.32 Å². The van der Waals surface area contributed by atoms with Gasteiger partial charge in [-0.2, -0.15) is 0 Å². The summed E-state index contributed by atoms with van der Waals surface area (Å²) >= 11 is 0. The molecule has 1 aromatic carbocycles. The molecule has 0 radical (unpaired) electrons. The van der Waals surface area contributed by atoms with E-state index >= 15 is 0 Å². The van der Waals surface area contributed by atoms with Crippen molar-refractivity contribution in [3.63, 3.8) is 0 Å². The molecule has 1 heterocycles. The highest BCUT2D eigenvalue weighted by Crippen LogP contribution is 2.16. The number of carbonyl (C=O) groups is 2. The van der Waals surface area contributed by atoms with Gasteiger partial charge < -0.3 is 10.4 Å². The number of carbonyl (C=O) groups excluding carboxylic acids is 1. The first-order valence-corrected chi connectivity index (χ1v) is 6.59. The first-order chi connectivity index (χ1) is 10.1. The van der Waals surface area contributed by atoms with Crippen molar-refractivity contribution in [2.75, 3.05) is 5.32 Å². The lowest BCUT2D eigenvalue weighted by atomic mass is 10.1. The molecule has 2 N–H and O–H groups in total. The third-order valence-electron chi connectivity index (χ3n) is 3.12. The lowest BCUT2D eigenvalue weighted by Gasteiger charge is -2.08. The van der Waals surface area contributed by atoms with Crippen LogP contribution in [0.5, 0.6) is 0 Å². The molecule has 5 heteroatoms. The molecule has 0 atom stereocenters. The monoisotopic (exact) mass is 284 g/mol. The molecule has 0 aliphatic rings. The number of hydrogen-bond acceptors (Lipinski definition) is 3. The van der Waals surface area contributed by atoms with Crippen molar-refractivity contribution >= 4 is 17.6 Å². The highest BCUT2D eigenvalue weighted by Gasteiger charge is 2.09. The van der Waals surface area contributed by atoms with Gasteiger partial charge in [-0.25, -0.2) is 4.79 Å². The van der Waals surface area contributed by atoms with Gasteiger partial charge in [0.1, 0.15) is 0 Å². The molecule has 0 aliphatic heterocycles. The Hall–Kier alpha value is -2.69. The van der Waals surface area contributed by atoms with Gasteiger partial charge in [-0.3, -0.25) is 9.78 Å². The number of carboxylic acids is 1. The number of pyridine rings is 1. The summed E-state index contributed by atoms with van der Waals surface area (Å²) in [6.07, 6.45) is 4.32. The lowest BCUT2D eigenvalue weighted by molar-refractivity contribution is -0.116. The fourth-order valence-corrected chi connectivity index (χ4v) is 1.96. The highest BCUT2D eigenvalue weighted by molar-refractivity contribution is 5.94. The van der Waals surface area contributed by atoms with Crippen LogP contribution in [0.2, 0.25) is 0 Å². The molecule has 108 valence electrons. The number of rotatable bonds is 5. The summed E-state index contributed by atoms with van der Waals surface area (Å²) in [4.78, 5) is 26.9. The zero-order chi connectivity index (χ0) is 15.2. The van der Waals surface area contributed by atoms with E-state index < -0.39 is 5.97 Å². The van der Waals surface area contributed by atoms with Crippen molar-refractivity contribution in [1.82, 2.24) is 4.98 Å². The molecule has 0 unspecified atom stereocenters. The Labute approximate surface area is 122 Å². The predicted molar refractivity (Wildman–Crippen MR) is 79.3 cm³/mol. The molecule has 0 aliphatic carbocycles. The fraction of sp³-hybridized carbons (Fsp3) is 0.188. The Kier molecular flexibility index (Phi) is 4.66. The number of aromatic nitrogens is 1. The second-order valence-corrected chi connectivity index (χ2v) is 4.74. The topological polar surface area (TPSA) is 79.3 Å². The fourth-order valence-electron chi connectivity index (χ4n) is 1.96. The van der Waals surface area contributed by atoms with E-state index in [9.17, 15) is 9.59 Å². The van der Waals surface area contributed by atoms with Gasteiger partial charge in [0, 0.05) is 24.5 Å². The molecule has 1 aromatic heterocycles. The molecule has 5 nitrogen and oxygen atoms in total. The normalized spacial score (nSPS) is 10.1. The molecular weight excluding hydrogens is 268 g/mol. The number of nitrogens with zero attached hydrogens (tertiary/aromatic N) is 1. The molecule has 0 spiro atoms. The summed E-state index contributed by atoms with van der Waals surface area (Å²) in [6.45, 7) is 1.72. The Morgan fingerprint density at radius 3 is 2.76 bits per heavy atom. The highest BCUT2D eigenvalue weighted by atomic mass is 16.4. The van der Waals surface area contributed by atoms with Crippen LogP contribution in [0.1, 0.15) is 27.9 Å². The van der Waals surface area contributed by atoms with Crippen LogP contribution in [0.15, 0.2) is 42.7 Å². The number of amides is 1. The Bertz CT molecular complexity index is 654.